The number of halogens is 1. The second-order valence-electron chi connectivity index (χ2n) is 6.30. The molecule has 1 saturated heterocycles. The highest BCUT2D eigenvalue weighted by Crippen LogP contribution is 2.40. The Morgan fingerprint density at radius 1 is 1.26 bits per heavy atom. The van der Waals surface area contributed by atoms with Gasteiger partial charge in [-0.3, -0.25) is 0 Å². The number of fused-ring (bicyclic) bond motifs is 1. The normalized spacial score (nSPS) is 27.2. The van der Waals surface area contributed by atoms with Crippen LogP contribution in [0.5, 0.6) is 0 Å². The molecule has 7 heteroatoms. The third-order valence-electron chi connectivity index (χ3n) is 4.81. The molecule has 0 amide bonds. The molecule has 0 spiro atoms. The first-order valence-corrected chi connectivity index (χ1v) is 9.88. The van der Waals surface area contributed by atoms with Gasteiger partial charge in [0.05, 0.1) is 21.6 Å². The summed E-state index contributed by atoms with van der Waals surface area (Å²) >= 11 is 3.36. The van der Waals surface area contributed by atoms with E-state index in [2.05, 4.69) is 20.9 Å². The predicted molar refractivity (Wildman–Crippen MR) is 92.8 cm³/mol. The zero-order valence-electron chi connectivity index (χ0n) is 12.8. The molecule has 1 aromatic heterocycles. The number of aromatic nitrogens is 1. The van der Waals surface area contributed by atoms with Crippen molar-refractivity contribution in [1.82, 2.24) is 4.98 Å². The number of hydrogen-bond acceptors (Lipinski definition) is 3. The Morgan fingerprint density at radius 3 is 2.43 bits per heavy atom. The zero-order valence-corrected chi connectivity index (χ0v) is 15.2. The van der Waals surface area contributed by atoms with Gasteiger partial charge in [-0.1, -0.05) is 15.9 Å². The first-order chi connectivity index (χ1) is 10.7. The lowest BCUT2D eigenvalue weighted by Crippen LogP contribution is -2.36. The molecule has 0 bridgehead atoms. The van der Waals surface area contributed by atoms with E-state index in [-0.39, 0.29) is 22.0 Å². The first kappa shape index (κ1) is 16.5. The Balaban J connectivity index is 2.10. The van der Waals surface area contributed by atoms with Crippen molar-refractivity contribution >= 4 is 42.6 Å². The van der Waals surface area contributed by atoms with E-state index in [1.807, 2.05) is 12.3 Å². The van der Waals surface area contributed by atoms with Crippen LogP contribution in [-0.2, 0) is 9.84 Å². The topological polar surface area (TPSA) is 87.2 Å². The Hall–Kier alpha value is -1.34. The van der Waals surface area contributed by atoms with Gasteiger partial charge >= 0.3 is 5.97 Å². The standard InChI is InChI=1S/C16H18BrNO4S/c1-8-3-10(4-9(2)23(8,21)22)14-7-18-15-12(14)5-11(17)6-13(15)16(19)20/h5-10,18H,3-4H2,1-2H3,(H,19,20). The van der Waals surface area contributed by atoms with Crippen molar-refractivity contribution in [3.05, 3.63) is 33.9 Å². The molecular formula is C16H18BrNO4S. The van der Waals surface area contributed by atoms with Crippen molar-refractivity contribution < 1.29 is 18.3 Å². The molecular weight excluding hydrogens is 382 g/mol. The van der Waals surface area contributed by atoms with Crippen LogP contribution in [-0.4, -0.2) is 35.0 Å². The fourth-order valence-electron chi connectivity index (χ4n) is 3.54. The van der Waals surface area contributed by atoms with Crippen LogP contribution in [0.1, 0.15) is 48.5 Å². The minimum Gasteiger partial charge on any atom is -0.478 e. The summed E-state index contributed by atoms with van der Waals surface area (Å²) in [6.07, 6.45) is 2.95. The average molecular weight is 400 g/mol. The predicted octanol–water partition coefficient (Wildman–Crippen LogP) is 3.70. The van der Waals surface area contributed by atoms with Gasteiger partial charge < -0.3 is 10.1 Å². The van der Waals surface area contributed by atoms with Crippen molar-refractivity contribution in [1.29, 1.82) is 0 Å². The number of aromatic carboxylic acids is 1. The molecule has 2 heterocycles. The van der Waals surface area contributed by atoms with E-state index in [4.69, 9.17) is 0 Å². The van der Waals surface area contributed by atoms with Gasteiger partial charge in [-0.15, -0.1) is 0 Å². The Morgan fingerprint density at radius 2 is 1.87 bits per heavy atom. The lowest BCUT2D eigenvalue weighted by atomic mass is 9.89. The van der Waals surface area contributed by atoms with Gasteiger partial charge in [-0.25, -0.2) is 13.2 Å². The van der Waals surface area contributed by atoms with Gasteiger partial charge in [0.15, 0.2) is 9.84 Å². The lowest BCUT2D eigenvalue weighted by molar-refractivity contribution is 0.0698. The second-order valence-corrected chi connectivity index (χ2v) is 10.0. The van der Waals surface area contributed by atoms with Gasteiger partial charge in [-0.2, -0.15) is 0 Å². The molecule has 0 aliphatic carbocycles. The first-order valence-electron chi connectivity index (χ1n) is 7.48. The number of nitrogens with one attached hydrogen (secondary N) is 1. The molecule has 0 saturated carbocycles. The third-order valence-corrected chi connectivity index (χ3v) is 7.90. The molecule has 23 heavy (non-hydrogen) atoms. The summed E-state index contributed by atoms with van der Waals surface area (Å²) in [5, 5.41) is 9.44. The molecule has 0 radical (unpaired) electrons. The molecule has 124 valence electrons. The average Bonchev–Trinajstić information content (AvgIpc) is 2.87. The number of carboxylic acids is 1. The van der Waals surface area contributed by atoms with Gasteiger partial charge in [0.1, 0.15) is 0 Å². The summed E-state index contributed by atoms with van der Waals surface area (Å²) in [4.78, 5) is 14.5. The summed E-state index contributed by atoms with van der Waals surface area (Å²) in [6, 6.07) is 3.47. The number of hydrogen-bond donors (Lipinski definition) is 2. The molecule has 2 atom stereocenters. The lowest BCUT2D eigenvalue weighted by Gasteiger charge is -2.31. The molecule has 1 fully saturated rings. The summed E-state index contributed by atoms with van der Waals surface area (Å²) in [5.74, 6) is -0.883. The Labute approximate surface area is 143 Å². The van der Waals surface area contributed by atoms with E-state index in [1.54, 1.807) is 19.9 Å². The Bertz CT molecular complexity index is 869. The van der Waals surface area contributed by atoms with Crippen LogP contribution in [0.2, 0.25) is 0 Å². The van der Waals surface area contributed by atoms with Crippen LogP contribution >= 0.6 is 15.9 Å². The van der Waals surface area contributed by atoms with Gasteiger partial charge in [-0.05, 0) is 50.3 Å². The van der Waals surface area contributed by atoms with Crippen molar-refractivity contribution in [2.24, 2.45) is 0 Å². The van der Waals surface area contributed by atoms with E-state index in [0.717, 1.165) is 10.9 Å². The van der Waals surface area contributed by atoms with Crippen LogP contribution in [0.25, 0.3) is 10.9 Å². The number of benzene rings is 1. The van der Waals surface area contributed by atoms with Crippen LogP contribution < -0.4 is 0 Å². The van der Waals surface area contributed by atoms with Crippen molar-refractivity contribution in [3.8, 4) is 0 Å². The summed E-state index contributed by atoms with van der Waals surface area (Å²) in [7, 11) is -3.06. The number of sulfone groups is 1. The van der Waals surface area contributed by atoms with Gasteiger partial charge in [0.2, 0.25) is 0 Å². The molecule has 2 aromatic rings. The maximum absolute atomic E-state index is 12.2. The molecule has 1 aliphatic rings. The van der Waals surface area contributed by atoms with Crippen LogP contribution in [0.3, 0.4) is 0 Å². The SMILES string of the molecule is CC1CC(c2c[nH]c3c(C(=O)O)cc(Br)cc23)CC(C)S1(=O)=O. The molecule has 1 aromatic carbocycles. The third kappa shape index (κ3) is 2.70. The van der Waals surface area contributed by atoms with Crippen LogP contribution in [0.15, 0.2) is 22.8 Å². The fraction of sp³-hybridized carbons (Fsp3) is 0.438. The highest BCUT2D eigenvalue weighted by molar-refractivity contribution is 9.10. The fourth-order valence-corrected chi connectivity index (χ4v) is 5.79. The number of rotatable bonds is 2. The summed E-state index contributed by atoms with van der Waals surface area (Å²) in [6.45, 7) is 3.51. The van der Waals surface area contributed by atoms with E-state index in [1.165, 1.54) is 0 Å². The highest BCUT2D eigenvalue weighted by Gasteiger charge is 2.38. The smallest absolute Gasteiger partial charge is 0.337 e. The molecule has 3 rings (SSSR count). The number of carbonyl (C=O) groups is 1. The van der Waals surface area contributed by atoms with Gasteiger partial charge in [0.25, 0.3) is 0 Å². The largest absolute Gasteiger partial charge is 0.478 e. The minimum absolute atomic E-state index is 0.105. The Kier molecular flexibility index (Phi) is 4.04. The second kappa shape index (κ2) is 5.63. The van der Waals surface area contributed by atoms with Crippen LogP contribution in [0.4, 0.5) is 0 Å². The zero-order chi connectivity index (χ0) is 16.9. The molecule has 1 aliphatic heterocycles. The number of H-pyrrole nitrogens is 1. The summed E-state index contributed by atoms with van der Waals surface area (Å²) in [5.41, 5.74) is 1.80. The monoisotopic (exact) mass is 399 g/mol. The van der Waals surface area contributed by atoms with E-state index in [9.17, 15) is 18.3 Å². The van der Waals surface area contributed by atoms with Crippen LogP contribution in [0, 0.1) is 0 Å². The maximum atomic E-state index is 12.2. The van der Waals surface area contributed by atoms with Crippen molar-refractivity contribution in [2.45, 2.75) is 43.1 Å². The van der Waals surface area contributed by atoms with E-state index >= 15 is 0 Å². The van der Waals surface area contributed by atoms with Crippen molar-refractivity contribution in [2.75, 3.05) is 0 Å². The quantitative estimate of drug-likeness (QED) is 0.805. The number of carboxylic acid groups (broad SMARTS) is 1. The molecule has 2 unspecified atom stereocenters. The van der Waals surface area contributed by atoms with Gasteiger partial charge in [0, 0.05) is 16.1 Å². The maximum Gasteiger partial charge on any atom is 0.337 e. The molecule has 5 nitrogen and oxygen atoms in total. The summed E-state index contributed by atoms with van der Waals surface area (Å²) < 4.78 is 25.1. The molecule has 2 N–H and O–H groups in total. The van der Waals surface area contributed by atoms with E-state index in [0.29, 0.717) is 22.8 Å². The minimum atomic E-state index is -3.06. The van der Waals surface area contributed by atoms with Crippen molar-refractivity contribution in [3.63, 3.8) is 0 Å². The highest BCUT2D eigenvalue weighted by atomic mass is 79.9. The number of aromatic amines is 1. The van der Waals surface area contributed by atoms with E-state index < -0.39 is 15.8 Å².